The topological polar surface area (TPSA) is 90.0 Å². The Labute approximate surface area is 169 Å². The van der Waals surface area contributed by atoms with Crippen molar-refractivity contribution in [3.05, 3.63) is 71.2 Å². The van der Waals surface area contributed by atoms with Gasteiger partial charge in [-0.1, -0.05) is 0 Å². The third kappa shape index (κ3) is 4.75. The summed E-state index contributed by atoms with van der Waals surface area (Å²) >= 11 is 0. The summed E-state index contributed by atoms with van der Waals surface area (Å²) in [5.74, 6) is 0.0280. The molecule has 7 nitrogen and oxygen atoms in total. The predicted octanol–water partition coefficient (Wildman–Crippen LogP) is 3.70. The predicted molar refractivity (Wildman–Crippen MR) is 98.0 cm³/mol. The molecule has 30 heavy (non-hydrogen) atoms. The number of carbonyl (C=O) groups is 1. The number of benzene rings is 1. The van der Waals surface area contributed by atoms with Gasteiger partial charge < -0.3 is 9.47 Å². The zero-order valence-corrected chi connectivity index (χ0v) is 15.7. The number of nitrogens with zero attached hydrogens (tertiary/aromatic N) is 4. The number of hydrogen-bond donors (Lipinski definition) is 0. The Balaban J connectivity index is 1.58. The highest BCUT2D eigenvalue weighted by atomic mass is 19.4. The fraction of sp³-hybridized carbons (Fsp3) is 0.200. The molecular weight excluding hydrogens is 401 g/mol. The number of aromatic nitrogens is 3. The van der Waals surface area contributed by atoms with E-state index in [2.05, 4.69) is 10.1 Å². The maximum absolute atomic E-state index is 12.7. The molecule has 10 heteroatoms. The summed E-state index contributed by atoms with van der Waals surface area (Å²) < 4.78 is 49.8. The Morgan fingerprint density at radius 2 is 1.87 bits per heavy atom. The molecule has 0 unspecified atom stereocenters. The van der Waals surface area contributed by atoms with Crippen LogP contribution in [0.25, 0.3) is 5.82 Å². The lowest BCUT2D eigenvalue weighted by molar-refractivity contribution is -0.137. The quantitative estimate of drug-likeness (QED) is 0.450. The van der Waals surface area contributed by atoms with E-state index in [0.29, 0.717) is 23.2 Å². The average Bonchev–Trinajstić information content (AvgIpc) is 3.12. The summed E-state index contributed by atoms with van der Waals surface area (Å²) in [6, 6.07) is 10.5. The van der Waals surface area contributed by atoms with E-state index in [9.17, 15) is 18.0 Å². The molecule has 0 aliphatic carbocycles. The second-order valence-corrected chi connectivity index (χ2v) is 6.08. The van der Waals surface area contributed by atoms with Crippen LogP contribution in [0.1, 0.15) is 27.2 Å². The summed E-state index contributed by atoms with van der Waals surface area (Å²) in [6.07, 6.45) is -2.52. The van der Waals surface area contributed by atoms with Gasteiger partial charge in [0.15, 0.2) is 5.82 Å². The van der Waals surface area contributed by atoms with Crippen molar-refractivity contribution in [3.63, 3.8) is 0 Å². The van der Waals surface area contributed by atoms with Gasteiger partial charge in [-0.15, -0.1) is 0 Å². The van der Waals surface area contributed by atoms with E-state index in [1.165, 1.54) is 16.9 Å². The minimum absolute atomic E-state index is 0.0258. The first kappa shape index (κ1) is 20.9. The van der Waals surface area contributed by atoms with E-state index < -0.39 is 17.7 Å². The normalized spacial score (nSPS) is 11.0. The van der Waals surface area contributed by atoms with Crippen LogP contribution in [0.5, 0.6) is 5.75 Å². The van der Waals surface area contributed by atoms with Gasteiger partial charge in [0.2, 0.25) is 0 Å². The highest BCUT2D eigenvalue weighted by molar-refractivity contribution is 5.90. The summed E-state index contributed by atoms with van der Waals surface area (Å²) in [4.78, 5) is 16.0. The Morgan fingerprint density at radius 1 is 1.13 bits per heavy atom. The first-order valence-corrected chi connectivity index (χ1v) is 8.68. The van der Waals surface area contributed by atoms with E-state index in [0.717, 1.165) is 6.07 Å². The lowest BCUT2D eigenvalue weighted by Gasteiger charge is -2.09. The van der Waals surface area contributed by atoms with Crippen molar-refractivity contribution in [3.8, 4) is 17.6 Å². The van der Waals surface area contributed by atoms with Crippen LogP contribution in [0.3, 0.4) is 0 Å². The van der Waals surface area contributed by atoms with Gasteiger partial charge in [0, 0.05) is 6.20 Å². The first-order chi connectivity index (χ1) is 14.3. The maximum atomic E-state index is 12.7. The average molecular weight is 416 g/mol. The van der Waals surface area contributed by atoms with E-state index in [-0.39, 0.29) is 24.6 Å². The van der Waals surface area contributed by atoms with Gasteiger partial charge in [0.05, 0.1) is 29.1 Å². The minimum atomic E-state index is -4.49. The van der Waals surface area contributed by atoms with Gasteiger partial charge in [-0.25, -0.2) is 14.5 Å². The van der Waals surface area contributed by atoms with Crippen LogP contribution < -0.4 is 4.74 Å². The van der Waals surface area contributed by atoms with Gasteiger partial charge in [-0.2, -0.15) is 23.5 Å². The molecule has 154 valence electrons. The van der Waals surface area contributed by atoms with Crippen molar-refractivity contribution in [2.45, 2.75) is 13.1 Å². The van der Waals surface area contributed by atoms with Crippen molar-refractivity contribution in [2.24, 2.45) is 0 Å². The fourth-order valence-electron chi connectivity index (χ4n) is 2.52. The Hall–Kier alpha value is -3.87. The number of ether oxygens (including phenoxy) is 2. The highest BCUT2D eigenvalue weighted by Gasteiger charge is 2.30. The van der Waals surface area contributed by atoms with Gasteiger partial charge in [0.1, 0.15) is 24.5 Å². The van der Waals surface area contributed by atoms with Crippen LogP contribution in [-0.2, 0) is 10.9 Å². The maximum Gasteiger partial charge on any atom is 0.417 e. The van der Waals surface area contributed by atoms with Gasteiger partial charge in [-0.3, -0.25) is 0 Å². The smallest absolute Gasteiger partial charge is 0.417 e. The summed E-state index contributed by atoms with van der Waals surface area (Å²) in [6.45, 7) is 1.66. The molecule has 0 radical (unpaired) electrons. The second-order valence-electron chi connectivity index (χ2n) is 6.08. The molecule has 3 aromatic rings. The summed E-state index contributed by atoms with van der Waals surface area (Å²) in [7, 11) is 0. The van der Waals surface area contributed by atoms with E-state index >= 15 is 0 Å². The van der Waals surface area contributed by atoms with Crippen LogP contribution in [-0.4, -0.2) is 33.9 Å². The standard InChI is InChI=1S/C20H15F3N4O3/c1-13-17(12-26-27(13)18-7-4-15(11-25-18)20(21,22)23)19(28)30-9-8-29-16-5-2-14(10-24)3-6-16/h2-7,11-12H,8-9H2,1H3. The molecule has 0 saturated heterocycles. The van der Waals surface area contributed by atoms with Crippen molar-refractivity contribution < 1.29 is 27.4 Å². The number of rotatable bonds is 6. The molecule has 0 aliphatic heterocycles. The lowest BCUT2D eigenvalue weighted by Crippen LogP contribution is -2.13. The monoisotopic (exact) mass is 416 g/mol. The SMILES string of the molecule is Cc1c(C(=O)OCCOc2ccc(C#N)cc2)cnn1-c1ccc(C(F)(F)F)cn1. The van der Waals surface area contributed by atoms with E-state index in [1.54, 1.807) is 31.2 Å². The molecule has 2 aromatic heterocycles. The van der Waals surface area contributed by atoms with Gasteiger partial charge in [-0.05, 0) is 43.3 Å². The molecule has 1 aromatic carbocycles. The number of hydrogen-bond acceptors (Lipinski definition) is 6. The molecule has 0 aliphatic rings. The third-order valence-corrected chi connectivity index (χ3v) is 4.09. The minimum Gasteiger partial charge on any atom is -0.490 e. The zero-order chi connectivity index (χ0) is 21.7. The Kier molecular flexibility index (Phi) is 6.01. The summed E-state index contributed by atoms with van der Waals surface area (Å²) in [5.41, 5.74) is 0.164. The second kappa shape index (κ2) is 8.65. The van der Waals surface area contributed by atoms with Crippen molar-refractivity contribution >= 4 is 5.97 Å². The largest absolute Gasteiger partial charge is 0.490 e. The molecule has 0 spiro atoms. The van der Waals surface area contributed by atoms with Crippen molar-refractivity contribution in [2.75, 3.05) is 13.2 Å². The van der Waals surface area contributed by atoms with Crippen molar-refractivity contribution in [1.82, 2.24) is 14.8 Å². The fourth-order valence-corrected chi connectivity index (χ4v) is 2.52. The molecular formula is C20H15F3N4O3. The number of pyridine rings is 1. The molecule has 0 amide bonds. The van der Waals surface area contributed by atoms with Gasteiger partial charge >= 0.3 is 12.1 Å². The van der Waals surface area contributed by atoms with E-state index in [4.69, 9.17) is 14.7 Å². The molecule has 0 atom stereocenters. The van der Waals surface area contributed by atoms with Crippen LogP contribution in [0.4, 0.5) is 13.2 Å². The number of halogens is 3. The Bertz CT molecular complexity index is 1070. The number of alkyl halides is 3. The Morgan fingerprint density at radius 3 is 2.47 bits per heavy atom. The molecule has 0 saturated carbocycles. The first-order valence-electron chi connectivity index (χ1n) is 8.68. The number of esters is 1. The third-order valence-electron chi connectivity index (χ3n) is 4.09. The van der Waals surface area contributed by atoms with Crippen LogP contribution in [0.2, 0.25) is 0 Å². The van der Waals surface area contributed by atoms with Crippen LogP contribution in [0, 0.1) is 18.3 Å². The van der Waals surface area contributed by atoms with Crippen LogP contribution >= 0.6 is 0 Å². The lowest BCUT2D eigenvalue weighted by atomic mass is 10.2. The van der Waals surface area contributed by atoms with Crippen LogP contribution in [0.15, 0.2) is 48.8 Å². The number of nitriles is 1. The number of carbonyl (C=O) groups excluding carboxylic acids is 1. The molecule has 0 bridgehead atoms. The van der Waals surface area contributed by atoms with E-state index in [1.807, 2.05) is 6.07 Å². The molecule has 0 fully saturated rings. The van der Waals surface area contributed by atoms with Gasteiger partial charge in [0.25, 0.3) is 0 Å². The molecule has 2 heterocycles. The van der Waals surface area contributed by atoms with Crippen molar-refractivity contribution in [1.29, 1.82) is 5.26 Å². The zero-order valence-electron chi connectivity index (χ0n) is 15.7. The molecule has 0 N–H and O–H groups in total. The highest BCUT2D eigenvalue weighted by Crippen LogP contribution is 2.28. The molecule has 3 rings (SSSR count). The summed E-state index contributed by atoms with van der Waals surface area (Å²) in [5, 5.41) is 12.8.